The van der Waals surface area contributed by atoms with Gasteiger partial charge < -0.3 is 5.32 Å². The SMILES string of the molecule is CC(=O)NC1CCN(CC(=O)c2ccc(C)cc2C)CC1. The Bertz CT molecular complexity index is 532. The highest BCUT2D eigenvalue weighted by Crippen LogP contribution is 2.14. The molecule has 0 radical (unpaired) electrons. The van der Waals surface area contributed by atoms with Gasteiger partial charge in [0.1, 0.15) is 0 Å². The van der Waals surface area contributed by atoms with Gasteiger partial charge in [0.15, 0.2) is 5.78 Å². The van der Waals surface area contributed by atoms with Crippen molar-refractivity contribution in [3.63, 3.8) is 0 Å². The van der Waals surface area contributed by atoms with Gasteiger partial charge in [0, 0.05) is 31.6 Å². The number of carbonyl (C=O) groups excluding carboxylic acids is 2. The molecule has 0 aromatic heterocycles. The molecule has 1 aliphatic heterocycles. The standard InChI is InChI=1S/C17H24N2O2/c1-12-4-5-16(13(2)10-12)17(21)11-19-8-6-15(7-9-19)18-14(3)20/h4-5,10,15H,6-9,11H2,1-3H3,(H,18,20). The van der Waals surface area contributed by atoms with E-state index in [1.54, 1.807) is 6.92 Å². The lowest BCUT2D eigenvalue weighted by Crippen LogP contribution is -2.45. The third-order valence-corrected chi connectivity index (χ3v) is 4.04. The second kappa shape index (κ2) is 6.85. The molecule has 1 aromatic carbocycles. The maximum absolute atomic E-state index is 12.4. The molecule has 0 unspecified atom stereocenters. The lowest BCUT2D eigenvalue weighted by atomic mass is 10.0. The van der Waals surface area contributed by atoms with E-state index in [1.165, 1.54) is 5.56 Å². The molecule has 1 fully saturated rings. The first kappa shape index (κ1) is 15.7. The largest absolute Gasteiger partial charge is 0.354 e. The highest BCUT2D eigenvalue weighted by molar-refractivity contribution is 5.99. The Labute approximate surface area is 126 Å². The van der Waals surface area contributed by atoms with Crippen molar-refractivity contribution in [3.05, 3.63) is 34.9 Å². The van der Waals surface area contributed by atoms with E-state index < -0.39 is 0 Å². The van der Waals surface area contributed by atoms with Crippen molar-refractivity contribution in [2.24, 2.45) is 0 Å². The Morgan fingerprint density at radius 2 is 1.90 bits per heavy atom. The van der Waals surface area contributed by atoms with Crippen LogP contribution in [0, 0.1) is 13.8 Å². The fraction of sp³-hybridized carbons (Fsp3) is 0.529. The van der Waals surface area contributed by atoms with E-state index in [0.717, 1.165) is 37.1 Å². The molecule has 1 aliphatic rings. The molecular weight excluding hydrogens is 264 g/mol. The number of nitrogens with zero attached hydrogens (tertiary/aromatic N) is 1. The third-order valence-electron chi connectivity index (χ3n) is 4.04. The number of aryl methyl sites for hydroxylation is 2. The van der Waals surface area contributed by atoms with Gasteiger partial charge in [-0.2, -0.15) is 0 Å². The van der Waals surface area contributed by atoms with Gasteiger partial charge in [0.25, 0.3) is 0 Å². The summed E-state index contributed by atoms with van der Waals surface area (Å²) in [6.07, 6.45) is 1.83. The summed E-state index contributed by atoms with van der Waals surface area (Å²) in [5.74, 6) is 0.213. The predicted octanol–water partition coefficient (Wildman–Crippen LogP) is 2.09. The molecular formula is C17H24N2O2. The van der Waals surface area contributed by atoms with Crippen LogP contribution < -0.4 is 5.32 Å². The van der Waals surface area contributed by atoms with E-state index >= 15 is 0 Å². The molecule has 0 aliphatic carbocycles. The van der Waals surface area contributed by atoms with Crippen LogP contribution in [0.3, 0.4) is 0 Å². The maximum atomic E-state index is 12.4. The van der Waals surface area contributed by atoms with Crippen LogP contribution in [-0.2, 0) is 4.79 Å². The van der Waals surface area contributed by atoms with Crippen LogP contribution in [0.5, 0.6) is 0 Å². The van der Waals surface area contributed by atoms with E-state index in [-0.39, 0.29) is 17.7 Å². The number of hydrogen-bond donors (Lipinski definition) is 1. The van der Waals surface area contributed by atoms with Gasteiger partial charge in [-0.3, -0.25) is 14.5 Å². The molecule has 1 saturated heterocycles. The topological polar surface area (TPSA) is 49.4 Å². The molecule has 1 heterocycles. The Hall–Kier alpha value is -1.68. The molecule has 0 saturated carbocycles. The van der Waals surface area contributed by atoms with Gasteiger partial charge >= 0.3 is 0 Å². The van der Waals surface area contributed by atoms with Crippen molar-refractivity contribution >= 4 is 11.7 Å². The van der Waals surface area contributed by atoms with Crippen molar-refractivity contribution in [1.82, 2.24) is 10.2 Å². The first-order chi connectivity index (χ1) is 9.95. The van der Waals surface area contributed by atoms with Gasteiger partial charge in [-0.25, -0.2) is 0 Å². The summed E-state index contributed by atoms with van der Waals surface area (Å²) in [5, 5.41) is 2.95. The lowest BCUT2D eigenvalue weighted by Gasteiger charge is -2.31. The van der Waals surface area contributed by atoms with Crippen molar-refractivity contribution in [1.29, 1.82) is 0 Å². The molecule has 1 N–H and O–H groups in total. The minimum absolute atomic E-state index is 0.0276. The minimum atomic E-state index is 0.0276. The minimum Gasteiger partial charge on any atom is -0.354 e. The fourth-order valence-electron chi connectivity index (χ4n) is 2.94. The number of rotatable bonds is 4. The Morgan fingerprint density at radius 1 is 1.24 bits per heavy atom. The third kappa shape index (κ3) is 4.39. The Morgan fingerprint density at radius 3 is 2.48 bits per heavy atom. The molecule has 1 amide bonds. The summed E-state index contributed by atoms with van der Waals surface area (Å²) in [5.41, 5.74) is 3.05. The zero-order chi connectivity index (χ0) is 15.4. The summed E-state index contributed by atoms with van der Waals surface area (Å²) in [7, 11) is 0. The van der Waals surface area contributed by atoms with Gasteiger partial charge in [-0.05, 0) is 32.3 Å². The summed E-state index contributed by atoms with van der Waals surface area (Å²) in [6, 6.07) is 6.23. The summed E-state index contributed by atoms with van der Waals surface area (Å²) >= 11 is 0. The quantitative estimate of drug-likeness (QED) is 0.863. The molecule has 21 heavy (non-hydrogen) atoms. The highest BCUT2D eigenvalue weighted by atomic mass is 16.1. The van der Waals surface area contributed by atoms with Gasteiger partial charge in [-0.1, -0.05) is 23.8 Å². The van der Waals surface area contributed by atoms with Crippen LogP contribution in [0.2, 0.25) is 0 Å². The van der Waals surface area contributed by atoms with Crippen molar-refractivity contribution < 1.29 is 9.59 Å². The number of Topliss-reactive ketones (excluding diaryl/α,β-unsaturated/α-hetero) is 1. The summed E-state index contributed by atoms with van der Waals surface area (Å²) in [6.45, 7) is 7.77. The van der Waals surface area contributed by atoms with E-state index in [1.807, 2.05) is 26.0 Å². The second-order valence-corrected chi connectivity index (χ2v) is 5.99. The summed E-state index contributed by atoms with van der Waals surface area (Å²) < 4.78 is 0. The second-order valence-electron chi connectivity index (χ2n) is 5.99. The first-order valence-electron chi connectivity index (χ1n) is 7.55. The molecule has 0 bridgehead atoms. The lowest BCUT2D eigenvalue weighted by molar-refractivity contribution is -0.119. The van der Waals surface area contributed by atoms with Crippen LogP contribution in [0.25, 0.3) is 0 Å². The van der Waals surface area contributed by atoms with Crippen LogP contribution in [0.4, 0.5) is 0 Å². The van der Waals surface area contributed by atoms with E-state index in [0.29, 0.717) is 6.54 Å². The molecule has 0 atom stereocenters. The first-order valence-corrected chi connectivity index (χ1v) is 7.55. The molecule has 4 nitrogen and oxygen atoms in total. The number of likely N-dealkylation sites (tertiary alicyclic amines) is 1. The Kier molecular flexibility index (Phi) is 5.12. The normalized spacial score (nSPS) is 16.7. The highest BCUT2D eigenvalue weighted by Gasteiger charge is 2.22. The number of benzene rings is 1. The van der Waals surface area contributed by atoms with Crippen LogP contribution in [0.15, 0.2) is 18.2 Å². The molecule has 114 valence electrons. The molecule has 1 aromatic rings. The van der Waals surface area contributed by atoms with Crippen LogP contribution in [0.1, 0.15) is 41.3 Å². The number of hydrogen-bond acceptors (Lipinski definition) is 3. The molecule has 0 spiro atoms. The smallest absolute Gasteiger partial charge is 0.217 e. The Balaban J connectivity index is 1.88. The number of ketones is 1. The van der Waals surface area contributed by atoms with Crippen molar-refractivity contribution in [2.45, 2.75) is 39.7 Å². The number of piperidine rings is 1. The average molecular weight is 288 g/mol. The number of nitrogens with one attached hydrogen (secondary N) is 1. The zero-order valence-electron chi connectivity index (χ0n) is 13.1. The van der Waals surface area contributed by atoms with Crippen molar-refractivity contribution in [3.8, 4) is 0 Å². The van der Waals surface area contributed by atoms with Crippen molar-refractivity contribution in [2.75, 3.05) is 19.6 Å². The zero-order valence-corrected chi connectivity index (χ0v) is 13.1. The van der Waals surface area contributed by atoms with Gasteiger partial charge in [-0.15, -0.1) is 0 Å². The molecule has 4 heteroatoms. The van der Waals surface area contributed by atoms with Crippen LogP contribution >= 0.6 is 0 Å². The van der Waals surface area contributed by atoms with E-state index in [2.05, 4.69) is 16.3 Å². The number of carbonyl (C=O) groups is 2. The predicted molar refractivity (Wildman–Crippen MR) is 83.5 cm³/mol. The van der Waals surface area contributed by atoms with Gasteiger partial charge in [0.2, 0.25) is 5.91 Å². The molecule has 2 rings (SSSR count). The summed E-state index contributed by atoms with van der Waals surface area (Å²) in [4.78, 5) is 25.6. The average Bonchev–Trinajstić information content (AvgIpc) is 2.40. The van der Waals surface area contributed by atoms with E-state index in [9.17, 15) is 9.59 Å². The number of amides is 1. The fourth-order valence-corrected chi connectivity index (χ4v) is 2.94. The van der Waals surface area contributed by atoms with Crippen LogP contribution in [-0.4, -0.2) is 42.3 Å². The maximum Gasteiger partial charge on any atom is 0.217 e. The monoisotopic (exact) mass is 288 g/mol. The van der Waals surface area contributed by atoms with Gasteiger partial charge in [0.05, 0.1) is 6.54 Å². The van der Waals surface area contributed by atoms with E-state index in [4.69, 9.17) is 0 Å².